The van der Waals surface area contributed by atoms with Crippen LogP contribution in [0.25, 0.3) is 5.69 Å². The number of para-hydroxylation sites is 1. The Hall–Kier alpha value is -3.86. The summed E-state index contributed by atoms with van der Waals surface area (Å²) < 4.78 is 13.1. The first-order valence-electron chi connectivity index (χ1n) is 9.32. The molecule has 0 aliphatic rings. The van der Waals surface area contributed by atoms with E-state index in [1.54, 1.807) is 0 Å². The summed E-state index contributed by atoms with van der Waals surface area (Å²) >= 11 is 0. The maximum Gasteiger partial charge on any atom is 0.317 e. The van der Waals surface area contributed by atoms with E-state index in [2.05, 4.69) is 5.10 Å². The summed E-state index contributed by atoms with van der Waals surface area (Å²) in [7, 11) is 0. The number of hydrogen-bond acceptors (Lipinski definition) is 4. The molecule has 0 saturated heterocycles. The molecule has 4 rings (SSSR count). The topological polar surface area (TPSA) is 53.4 Å². The van der Waals surface area contributed by atoms with Crippen molar-refractivity contribution in [3.63, 3.8) is 0 Å². The second-order valence-corrected chi connectivity index (χ2v) is 6.44. The normalized spacial score (nSPS) is 10.5. The molecule has 0 N–H and O–H groups in total. The molecule has 144 valence electrons. The van der Waals surface area contributed by atoms with E-state index >= 15 is 0 Å². The van der Waals surface area contributed by atoms with Crippen LogP contribution in [-0.4, -0.2) is 9.78 Å². The van der Waals surface area contributed by atoms with E-state index in [1.807, 2.05) is 91.0 Å². The Morgan fingerprint density at radius 1 is 0.690 bits per heavy atom. The summed E-state index contributed by atoms with van der Waals surface area (Å²) in [5.74, 6) is 0.464. The predicted octanol–water partition coefficient (Wildman–Crippen LogP) is 4.39. The van der Waals surface area contributed by atoms with Crippen LogP contribution in [0, 0.1) is 0 Å². The summed E-state index contributed by atoms with van der Waals surface area (Å²) in [6, 6.07) is 28.7. The highest BCUT2D eigenvalue weighted by atomic mass is 16.5. The lowest BCUT2D eigenvalue weighted by atomic mass is 10.2. The molecule has 5 heteroatoms. The third-order valence-electron chi connectivity index (χ3n) is 4.36. The zero-order valence-corrected chi connectivity index (χ0v) is 15.8. The van der Waals surface area contributed by atoms with Crippen molar-refractivity contribution in [2.45, 2.75) is 13.2 Å². The lowest BCUT2D eigenvalue weighted by Crippen LogP contribution is -2.23. The van der Waals surface area contributed by atoms with Gasteiger partial charge < -0.3 is 9.47 Å². The van der Waals surface area contributed by atoms with Crippen LogP contribution in [0.2, 0.25) is 0 Å². The minimum absolute atomic E-state index is 0.142. The number of nitrogens with zero attached hydrogens (tertiary/aromatic N) is 2. The second kappa shape index (κ2) is 8.89. The van der Waals surface area contributed by atoms with Crippen LogP contribution in [-0.2, 0) is 13.2 Å². The largest absolute Gasteiger partial charge is 0.483 e. The first-order chi connectivity index (χ1) is 14.3. The van der Waals surface area contributed by atoms with Crippen molar-refractivity contribution < 1.29 is 9.47 Å². The van der Waals surface area contributed by atoms with Gasteiger partial charge in [-0.05, 0) is 23.3 Å². The van der Waals surface area contributed by atoms with Gasteiger partial charge in [-0.2, -0.15) is 9.78 Å². The van der Waals surface area contributed by atoms with Gasteiger partial charge in [0.25, 0.3) is 0 Å². The third kappa shape index (κ3) is 4.52. The molecule has 0 fully saturated rings. The molecule has 0 spiro atoms. The maximum absolute atomic E-state index is 13.1. The Labute approximate surface area is 168 Å². The summed E-state index contributed by atoms with van der Waals surface area (Å²) in [6.07, 6.45) is 1.53. The summed E-state index contributed by atoms with van der Waals surface area (Å²) in [4.78, 5) is 13.1. The number of hydrogen-bond donors (Lipinski definition) is 0. The monoisotopic (exact) mass is 384 g/mol. The van der Waals surface area contributed by atoms with E-state index < -0.39 is 0 Å². The molecule has 0 aliphatic heterocycles. The van der Waals surface area contributed by atoms with Gasteiger partial charge in [-0.15, -0.1) is 0 Å². The van der Waals surface area contributed by atoms with Gasteiger partial charge in [0.1, 0.15) is 13.2 Å². The van der Waals surface area contributed by atoms with Crippen molar-refractivity contribution in [2.24, 2.45) is 0 Å². The van der Waals surface area contributed by atoms with Crippen LogP contribution >= 0.6 is 0 Å². The number of aromatic nitrogens is 2. The van der Waals surface area contributed by atoms with Gasteiger partial charge in [0, 0.05) is 0 Å². The fourth-order valence-corrected chi connectivity index (χ4v) is 2.88. The summed E-state index contributed by atoms with van der Waals surface area (Å²) in [6.45, 7) is 0.579. The van der Waals surface area contributed by atoms with E-state index in [1.165, 1.54) is 10.9 Å². The number of benzene rings is 3. The van der Waals surface area contributed by atoms with Gasteiger partial charge in [0.05, 0.1) is 11.9 Å². The van der Waals surface area contributed by atoms with Gasteiger partial charge in [0.2, 0.25) is 5.75 Å². The SMILES string of the molecule is O=c1c(OCc2ccccc2)c(OCc2ccccc2)cnn1-c1ccccc1. The molecule has 0 atom stereocenters. The number of ether oxygens (including phenoxy) is 2. The van der Waals surface area contributed by atoms with E-state index in [0.717, 1.165) is 11.1 Å². The standard InChI is InChI=1S/C24H20N2O3/c27-24-23(29-18-20-12-6-2-7-13-20)22(28-17-19-10-4-1-5-11-19)16-25-26(24)21-14-8-3-9-15-21/h1-16H,17-18H2. The Morgan fingerprint density at radius 3 is 1.79 bits per heavy atom. The predicted molar refractivity (Wildman–Crippen MR) is 111 cm³/mol. The van der Waals surface area contributed by atoms with Crippen LogP contribution in [0.5, 0.6) is 11.5 Å². The minimum Gasteiger partial charge on any atom is -0.483 e. The molecule has 0 saturated carbocycles. The molecule has 0 bridgehead atoms. The Balaban J connectivity index is 1.65. The Bertz CT molecular complexity index is 1110. The molecular weight excluding hydrogens is 364 g/mol. The molecular formula is C24H20N2O3. The Kier molecular flexibility index (Phi) is 5.67. The highest BCUT2D eigenvalue weighted by Crippen LogP contribution is 2.24. The molecule has 4 aromatic rings. The minimum atomic E-state index is -0.363. The molecule has 0 radical (unpaired) electrons. The first-order valence-corrected chi connectivity index (χ1v) is 9.32. The van der Waals surface area contributed by atoms with Gasteiger partial charge >= 0.3 is 5.56 Å². The zero-order chi connectivity index (χ0) is 19.9. The zero-order valence-electron chi connectivity index (χ0n) is 15.8. The van der Waals surface area contributed by atoms with Crippen LogP contribution < -0.4 is 15.0 Å². The van der Waals surface area contributed by atoms with Crippen molar-refractivity contribution in [1.29, 1.82) is 0 Å². The lowest BCUT2D eigenvalue weighted by Gasteiger charge is -2.14. The molecule has 5 nitrogen and oxygen atoms in total. The molecule has 0 aliphatic carbocycles. The quantitative estimate of drug-likeness (QED) is 0.474. The fourth-order valence-electron chi connectivity index (χ4n) is 2.88. The second-order valence-electron chi connectivity index (χ2n) is 6.44. The van der Waals surface area contributed by atoms with Crippen LogP contribution in [0.3, 0.4) is 0 Å². The van der Waals surface area contributed by atoms with E-state index in [-0.39, 0.29) is 17.9 Å². The Morgan fingerprint density at radius 2 is 1.21 bits per heavy atom. The highest BCUT2D eigenvalue weighted by molar-refractivity contribution is 5.39. The third-order valence-corrected chi connectivity index (χ3v) is 4.36. The van der Waals surface area contributed by atoms with Crippen molar-refractivity contribution in [2.75, 3.05) is 0 Å². The van der Waals surface area contributed by atoms with Crippen molar-refractivity contribution in [3.8, 4) is 17.2 Å². The smallest absolute Gasteiger partial charge is 0.317 e. The molecule has 0 unspecified atom stereocenters. The van der Waals surface area contributed by atoms with Gasteiger partial charge in [-0.25, -0.2) is 0 Å². The maximum atomic E-state index is 13.1. The van der Waals surface area contributed by atoms with Gasteiger partial charge in [-0.3, -0.25) is 4.79 Å². The summed E-state index contributed by atoms with van der Waals surface area (Å²) in [5, 5.41) is 4.28. The average Bonchev–Trinajstić information content (AvgIpc) is 2.79. The highest BCUT2D eigenvalue weighted by Gasteiger charge is 2.16. The number of rotatable bonds is 7. The van der Waals surface area contributed by atoms with Crippen molar-refractivity contribution in [1.82, 2.24) is 9.78 Å². The van der Waals surface area contributed by atoms with Crippen LogP contribution in [0.15, 0.2) is 102 Å². The molecule has 29 heavy (non-hydrogen) atoms. The fraction of sp³-hybridized carbons (Fsp3) is 0.0833. The first kappa shape index (κ1) is 18.5. The van der Waals surface area contributed by atoms with Crippen molar-refractivity contribution >= 4 is 0 Å². The van der Waals surface area contributed by atoms with Crippen LogP contribution in [0.1, 0.15) is 11.1 Å². The van der Waals surface area contributed by atoms with Crippen molar-refractivity contribution in [3.05, 3.63) is 119 Å². The molecule has 3 aromatic carbocycles. The van der Waals surface area contributed by atoms with Crippen LogP contribution in [0.4, 0.5) is 0 Å². The average molecular weight is 384 g/mol. The van der Waals surface area contributed by atoms with E-state index in [9.17, 15) is 4.79 Å². The molecule has 0 amide bonds. The van der Waals surface area contributed by atoms with Gasteiger partial charge in [0.15, 0.2) is 5.75 Å². The van der Waals surface area contributed by atoms with E-state index in [0.29, 0.717) is 18.0 Å². The molecule has 1 heterocycles. The van der Waals surface area contributed by atoms with E-state index in [4.69, 9.17) is 9.47 Å². The van der Waals surface area contributed by atoms with Gasteiger partial charge in [-0.1, -0.05) is 78.9 Å². The summed E-state index contributed by atoms with van der Waals surface area (Å²) in [5.41, 5.74) is 2.26. The molecule has 1 aromatic heterocycles. The lowest BCUT2D eigenvalue weighted by molar-refractivity contribution is 0.249.